The molecule has 0 aliphatic rings. The number of hydrogen-bond donors (Lipinski definition) is 0. The van der Waals surface area contributed by atoms with Crippen LogP contribution in [0.5, 0.6) is 0 Å². The van der Waals surface area contributed by atoms with Crippen LogP contribution in [0.15, 0.2) is 47.4 Å². The van der Waals surface area contributed by atoms with E-state index in [4.69, 9.17) is 4.74 Å². The lowest BCUT2D eigenvalue weighted by Crippen LogP contribution is -2.14. The van der Waals surface area contributed by atoms with E-state index in [-0.39, 0.29) is 0 Å². The quantitative estimate of drug-likeness (QED) is 0.340. The van der Waals surface area contributed by atoms with Gasteiger partial charge in [0.15, 0.2) is 0 Å². The molecule has 0 aliphatic heterocycles. The smallest absolute Gasteiger partial charge is 0.332 e. The number of hydrogen-bond acceptors (Lipinski definition) is 4. The highest BCUT2D eigenvalue weighted by atomic mass is 16.5. The Kier molecular flexibility index (Phi) is 4.87. The molecule has 0 N–H and O–H groups in total. The second-order valence-electron chi connectivity index (χ2n) is 3.27. The number of ether oxygens (including phenoxy) is 1. The zero-order valence-electron chi connectivity index (χ0n) is 9.79. The van der Waals surface area contributed by atoms with Crippen molar-refractivity contribution in [2.24, 2.45) is 5.29 Å². The predicted molar refractivity (Wildman–Crippen MR) is 65.1 cm³/mol. The molecule has 0 saturated carbocycles. The van der Waals surface area contributed by atoms with Crippen molar-refractivity contribution in [2.45, 2.75) is 13.8 Å². The highest BCUT2D eigenvalue weighted by Gasteiger charge is 2.10. The summed E-state index contributed by atoms with van der Waals surface area (Å²) in [6, 6.07) is 8.85. The number of nitrogens with zero attached hydrogens (tertiary/aromatic N) is 2. The summed E-state index contributed by atoms with van der Waals surface area (Å²) in [7, 11) is 0. The lowest BCUT2D eigenvalue weighted by Gasteiger charge is -2.15. The first-order valence-electron chi connectivity index (χ1n) is 5.22. The summed E-state index contributed by atoms with van der Waals surface area (Å²) in [5.74, 6) is -0.491. The monoisotopic (exact) mass is 234 g/mol. The van der Waals surface area contributed by atoms with E-state index in [1.165, 1.54) is 6.08 Å². The van der Waals surface area contributed by atoms with Crippen LogP contribution in [-0.2, 0) is 9.53 Å². The molecule has 0 amide bonds. The van der Waals surface area contributed by atoms with Crippen molar-refractivity contribution in [3.8, 4) is 0 Å². The second-order valence-corrected chi connectivity index (χ2v) is 3.27. The Morgan fingerprint density at radius 2 is 2.06 bits per heavy atom. The minimum atomic E-state index is -0.491. The molecule has 0 fully saturated rings. The number of benzene rings is 1. The molecule has 5 heteroatoms. The molecule has 0 bridgehead atoms. The maximum absolute atomic E-state index is 11.2. The van der Waals surface area contributed by atoms with Crippen LogP contribution in [0.25, 0.3) is 0 Å². The van der Waals surface area contributed by atoms with Crippen LogP contribution >= 0.6 is 0 Å². The maximum Gasteiger partial charge on any atom is 0.332 e. The van der Waals surface area contributed by atoms with Crippen LogP contribution in [0.3, 0.4) is 0 Å². The molecular formula is C12H14N2O3. The maximum atomic E-state index is 11.2. The number of rotatable bonds is 5. The summed E-state index contributed by atoms with van der Waals surface area (Å²) in [4.78, 5) is 22.0. The van der Waals surface area contributed by atoms with Gasteiger partial charge in [-0.15, -0.1) is 4.91 Å². The zero-order chi connectivity index (χ0) is 12.7. The van der Waals surface area contributed by atoms with Gasteiger partial charge in [0.25, 0.3) is 0 Å². The van der Waals surface area contributed by atoms with Gasteiger partial charge in [-0.2, -0.15) is 0 Å². The molecule has 0 heterocycles. The van der Waals surface area contributed by atoms with E-state index >= 15 is 0 Å². The van der Waals surface area contributed by atoms with E-state index in [0.717, 1.165) is 5.01 Å². The fourth-order valence-electron chi connectivity index (χ4n) is 1.30. The zero-order valence-corrected chi connectivity index (χ0v) is 9.79. The number of carbonyl (C=O) groups is 1. The summed E-state index contributed by atoms with van der Waals surface area (Å²) in [6.45, 7) is 3.63. The van der Waals surface area contributed by atoms with Gasteiger partial charge < -0.3 is 4.74 Å². The third-order valence-corrected chi connectivity index (χ3v) is 2.03. The summed E-state index contributed by atoms with van der Waals surface area (Å²) in [5, 5.41) is 4.01. The fourth-order valence-corrected chi connectivity index (χ4v) is 1.30. The molecule has 1 aromatic carbocycles. The average Bonchev–Trinajstić information content (AvgIpc) is 2.31. The molecule has 5 nitrogen and oxygen atoms in total. The number of anilines is 1. The summed E-state index contributed by atoms with van der Waals surface area (Å²) < 4.78 is 4.76. The fraction of sp³-hybridized carbons (Fsp3) is 0.250. The Bertz CT molecular complexity index is 415. The predicted octanol–water partition coefficient (Wildman–Crippen LogP) is 2.64. The van der Waals surface area contributed by atoms with E-state index in [1.807, 2.05) is 6.07 Å². The molecule has 0 saturated heterocycles. The van der Waals surface area contributed by atoms with Crippen molar-refractivity contribution in [3.05, 3.63) is 47.0 Å². The summed E-state index contributed by atoms with van der Waals surface area (Å²) in [6.07, 6.45) is 1.23. The van der Waals surface area contributed by atoms with Gasteiger partial charge in [-0.25, -0.2) is 9.80 Å². The number of esters is 1. The van der Waals surface area contributed by atoms with Gasteiger partial charge in [-0.1, -0.05) is 18.2 Å². The molecule has 0 atom stereocenters. The summed E-state index contributed by atoms with van der Waals surface area (Å²) in [5.41, 5.74) is 1.00. The van der Waals surface area contributed by atoms with Crippen LogP contribution in [0.2, 0.25) is 0 Å². The Balaban J connectivity index is 2.88. The third-order valence-electron chi connectivity index (χ3n) is 2.03. The van der Waals surface area contributed by atoms with Crippen LogP contribution in [0.1, 0.15) is 13.8 Å². The first-order valence-corrected chi connectivity index (χ1v) is 5.22. The van der Waals surface area contributed by atoms with Gasteiger partial charge in [0.05, 0.1) is 17.6 Å². The number of para-hydroxylation sites is 1. The van der Waals surface area contributed by atoms with Crippen molar-refractivity contribution in [2.75, 3.05) is 11.6 Å². The van der Waals surface area contributed by atoms with Crippen molar-refractivity contribution in [1.29, 1.82) is 0 Å². The van der Waals surface area contributed by atoms with Crippen LogP contribution < -0.4 is 5.01 Å². The highest BCUT2D eigenvalue weighted by molar-refractivity contribution is 5.83. The SMILES string of the molecule is CCOC(=O)/C=C(\C)N(N=O)c1ccccc1. The van der Waals surface area contributed by atoms with E-state index in [9.17, 15) is 9.70 Å². The van der Waals surface area contributed by atoms with Gasteiger partial charge in [0.2, 0.25) is 0 Å². The highest BCUT2D eigenvalue weighted by Crippen LogP contribution is 2.18. The third kappa shape index (κ3) is 3.71. The molecule has 0 aromatic heterocycles. The second kappa shape index (κ2) is 6.42. The number of nitroso groups, excluding NO2 is 1. The molecule has 0 radical (unpaired) electrons. The van der Waals surface area contributed by atoms with Crippen LogP contribution in [-0.4, -0.2) is 12.6 Å². The molecule has 1 aromatic rings. The van der Waals surface area contributed by atoms with Gasteiger partial charge >= 0.3 is 5.97 Å². The number of allylic oxidation sites excluding steroid dienone is 1. The van der Waals surface area contributed by atoms with Crippen molar-refractivity contribution in [3.63, 3.8) is 0 Å². The molecule has 0 unspecified atom stereocenters. The lowest BCUT2D eigenvalue weighted by atomic mass is 10.3. The molecule has 17 heavy (non-hydrogen) atoms. The average molecular weight is 234 g/mol. The minimum Gasteiger partial charge on any atom is -0.463 e. The van der Waals surface area contributed by atoms with Crippen molar-refractivity contribution in [1.82, 2.24) is 0 Å². The number of carbonyl (C=O) groups excluding carboxylic acids is 1. The van der Waals surface area contributed by atoms with Gasteiger partial charge in [-0.05, 0) is 26.0 Å². The minimum absolute atomic E-state index is 0.294. The Morgan fingerprint density at radius 3 is 2.59 bits per heavy atom. The molecule has 90 valence electrons. The molecular weight excluding hydrogens is 220 g/mol. The van der Waals surface area contributed by atoms with E-state index < -0.39 is 5.97 Å². The van der Waals surface area contributed by atoms with E-state index in [1.54, 1.807) is 38.1 Å². The summed E-state index contributed by atoms with van der Waals surface area (Å²) >= 11 is 0. The van der Waals surface area contributed by atoms with E-state index in [2.05, 4.69) is 5.29 Å². The standard InChI is InChI=1S/C12H14N2O3/c1-3-17-12(15)9-10(2)14(13-16)11-7-5-4-6-8-11/h4-9H,3H2,1-2H3/b10-9+. The van der Waals surface area contributed by atoms with Crippen molar-refractivity contribution >= 4 is 11.7 Å². The Morgan fingerprint density at radius 1 is 1.41 bits per heavy atom. The first-order chi connectivity index (χ1) is 8.19. The Hall–Kier alpha value is -2.17. The van der Waals surface area contributed by atoms with Crippen LogP contribution in [0.4, 0.5) is 5.69 Å². The van der Waals surface area contributed by atoms with Crippen molar-refractivity contribution < 1.29 is 9.53 Å². The van der Waals surface area contributed by atoms with Crippen LogP contribution in [0, 0.1) is 4.91 Å². The Labute approximate surface area is 99.6 Å². The normalized spacial score (nSPS) is 10.8. The largest absolute Gasteiger partial charge is 0.463 e. The van der Waals surface area contributed by atoms with Gasteiger partial charge in [-0.3, -0.25) is 0 Å². The molecule has 0 spiro atoms. The van der Waals surface area contributed by atoms with Gasteiger partial charge in [0, 0.05) is 11.8 Å². The topological polar surface area (TPSA) is 59.0 Å². The molecule has 1 rings (SSSR count). The van der Waals surface area contributed by atoms with E-state index in [0.29, 0.717) is 18.0 Å². The first kappa shape index (κ1) is 12.9. The molecule has 0 aliphatic carbocycles. The lowest BCUT2D eigenvalue weighted by molar-refractivity contribution is -0.137. The van der Waals surface area contributed by atoms with Gasteiger partial charge in [0.1, 0.15) is 0 Å².